The third kappa shape index (κ3) is 4.10. The average Bonchev–Trinajstić information content (AvgIpc) is 2.60. The number of carbonyl (C=O) groups is 1. The Bertz CT molecular complexity index is 687. The van der Waals surface area contributed by atoms with Crippen molar-refractivity contribution < 1.29 is 19.0 Å². The third-order valence-corrected chi connectivity index (χ3v) is 4.00. The molecule has 1 N–H and O–H groups in total. The molecular weight excluding hydrogens is 314 g/mol. The first-order chi connectivity index (χ1) is 11.2. The number of benzene rings is 2. The van der Waals surface area contributed by atoms with Gasteiger partial charge in [-0.05, 0) is 42.7 Å². The first-order valence-corrected chi connectivity index (χ1v) is 8.43. The number of anilines is 1. The first-order valence-electron chi connectivity index (χ1n) is 7.21. The van der Waals surface area contributed by atoms with E-state index in [2.05, 4.69) is 5.32 Å². The number of thioether (sulfide) groups is 1. The number of nitrogens with one attached hydrogen (secondary N) is 1. The van der Waals surface area contributed by atoms with E-state index < -0.39 is 0 Å². The van der Waals surface area contributed by atoms with Crippen molar-refractivity contribution in [2.45, 2.75) is 4.90 Å². The molecule has 5 nitrogen and oxygen atoms in total. The fourth-order valence-corrected chi connectivity index (χ4v) is 2.55. The average molecular weight is 331 g/mol. The lowest BCUT2D eigenvalue weighted by Gasteiger charge is -2.19. The van der Waals surface area contributed by atoms with Crippen LogP contribution in [0.25, 0.3) is 0 Å². The van der Waals surface area contributed by atoms with E-state index in [1.54, 1.807) is 30.0 Å². The van der Waals surface area contributed by atoms with E-state index in [0.29, 0.717) is 36.1 Å². The molecule has 0 aliphatic carbocycles. The number of ether oxygens (including phenoxy) is 3. The fraction of sp³-hybridized carbons (Fsp3) is 0.235. The van der Waals surface area contributed by atoms with Crippen LogP contribution in [0.5, 0.6) is 17.2 Å². The van der Waals surface area contributed by atoms with Crippen LogP contribution in [0.1, 0.15) is 0 Å². The van der Waals surface area contributed by atoms with Crippen LogP contribution < -0.4 is 19.5 Å². The van der Waals surface area contributed by atoms with Gasteiger partial charge in [0.05, 0.1) is 0 Å². The zero-order chi connectivity index (χ0) is 16.1. The van der Waals surface area contributed by atoms with Crippen molar-refractivity contribution in [2.75, 3.05) is 31.4 Å². The van der Waals surface area contributed by atoms with Crippen molar-refractivity contribution in [3.05, 3.63) is 42.5 Å². The van der Waals surface area contributed by atoms with Crippen molar-refractivity contribution in [2.24, 2.45) is 0 Å². The molecule has 0 saturated heterocycles. The van der Waals surface area contributed by atoms with Gasteiger partial charge in [0, 0.05) is 16.6 Å². The summed E-state index contributed by atoms with van der Waals surface area (Å²) in [4.78, 5) is 13.1. The topological polar surface area (TPSA) is 56.8 Å². The highest BCUT2D eigenvalue weighted by atomic mass is 32.2. The normalized spacial score (nSPS) is 12.6. The summed E-state index contributed by atoms with van der Waals surface area (Å²) in [5, 5.41) is 2.78. The summed E-state index contributed by atoms with van der Waals surface area (Å²) in [6, 6.07) is 12.9. The lowest BCUT2D eigenvalue weighted by molar-refractivity contribution is -0.118. The summed E-state index contributed by atoms with van der Waals surface area (Å²) in [5.41, 5.74) is 0.653. The number of fused-ring (bicyclic) bond motifs is 1. The van der Waals surface area contributed by atoms with Gasteiger partial charge in [0.1, 0.15) is 19.0 Å². The molecule has 0 atom stereocenters. The second-order valence-corrected chi connectivity index (χ2v) is 5.75. The zero-order valence-corrected chi connectivity index (χ0v) is 13.5. The minimum absolute atomic E-state index is 0.0486. The SMILES string of the molecule is CSc1ccc(OCC(=O)Nc2ccc3c(c2)OCCO3)cc1. The summed E-state index contributed by atoms with van der Waals surface area (Å²) in [7, 11) is 0. The van der Waals surface area contributed by atoms with Gasteiger partial charge in [0.25, 0.3) is 5.91 Å². The van der Waals surface area contributed by atoms with Gasteiger partial charge in [-0.25, -0.2) is 0 Å². The number of hydrogen-bond acceptors (Lipinski definition) is 5. The molecule has 0 bridgehead atoms. The second kappa shape index (κ2) is 7.28. The highest BCUT2D eigenvalue weighted by Gasteiger charge is 2.13. The lowest BCUT2D eigenvalue weighted by atomic mass is 10.2. The van der Waals surface area contributed by atoms with Gasteiger partial charge in [-0.15, -0.1) is 11.8 Å². The molecule has 0 spiro atoms. The molecule has 0 radical (unpaired) electrons. The predicted molar refractivity (Wildman–Crippen MR) is 89.8 cm³/mol. The van der Waals surface area contributed by atoms with Gasteiger partial charge >= 0.3 is 0 Å². The summed E-state index contributed by atoms with van der Waals surface area (Å²) in [6.07, 6.45) is 2.01. The van der Waals surface area contributed by atoms with E-state index in [1.807, 2.05) is 30.5 Å². The lowest BCUT2D eigenvalue weighted by Crippen LogP contribution is -2.20. The highest BCUT2D eigenvalue weighted by Crippen LogP contribution is 2.32. The molecule has 1 amide bonds. The summed E-state index contributed by atoms with van der Waals surface area (Å²) in [5.74, 6) is 1.78. The van der Waals surface area contributed by atoms with Crippen molar-refractivity contribution in [3.63, 3.8) is 0 Å². The van der Waals surface area contributed by atoms with Crippen LogP contribution in [0.3, 0.4) is 0 Å². The largest absolute Gasteiger partial charge is 0.486 e. The second-order valence-electron chi connectivity index (χ2n) is 4.87. The summed E-state index contributed by atoms with van der Waals surface area (Å²) >= 11 is 1.66. The smallest absolute Gasteiger partial charge is 0.262 e. The standard InChI is InChI=1S/C17H17NO4S/c1-23-14-5-3-13(4-6-14)22-11-17(19)18-12-2-7-15-16(10-12)21-9-8-20-15/h2-7,10H,8-9,11H2,1H3,(H,18,19). The van der Waals surface area contributed by atoms with Gasteiger partial charge in [-0.2, -0.15) is 0 Å². The Kier molecular flexibility index (Phi) is 4.92. The van der Waals surface area contributed by atoms with Crippen molar-refractivity contribution in [1.29, 1.82) is 0 Å². The molecule has 1 aliphatic rings. The number of rotatable bonds is 5. The quantitative estimate of drug-likeness (QED) is 0.853. The van der Waals surface area contributed by atoms with Gasteiger partial charge in [0.2, 0.25) is 0 Å². The van der Waals surface area contributed by atoms with Crippen LogP contribution in [0.4, 0.5) is 5.69 Å². The molecule has 2 aromatic carbocycles. The molecule has 0 saturated carbocycles. The maximum absolute atomic E-state index is 12.0. The molecule has 120 valence electrons. The van der Waals surface area contributed by atoms with Crippen LogP contribution in [0.15, 0.2) is 47.4 Å². The molecule has 0 unspecified atom stereocenters. The van der Waals surface area contributed by atoms with E-state index >= 15 is 0 Å². The molecular formula is C17H17NO4S. The maximum Gasteiger partial charge on any atom is 0.262 e. The van der Waals surface area contributed by atoms with E-state index in [9.17, 15) is 4.79 Å². The van der Waals surface area contributed by atoms with Crippen LogP contribution in [-0.2, 0) is 4.79 Å². The van der Waals surface area contributed by atoms with Gasteiger partial charge in [-0.1, -0.05) is 0 Å². The monoisotopic (exact) mass is 331 g/mol. The summed E-state index contributed by atoms with van der Waals surface area (Å²) < 4.78 is 16.4. The number of hydrogen-bond donors (Lipinski definition) is 1. The van der Waals surface area contributed by atoms with E-state index in [1.165, 1.54) is 0 Å². The minimum Gasteiger partial charge on any atom is -0.486 e. The molecule has 0 aromatic heterocycles. The van der Waals surface area contributed by atoms with Crippen molar-refractivity contribution in [1.82, 2.24) is 0 Å². The van der Waals surface area contributed by atoms with Crippen molar-refractivity contribution >= 4 is 23.4 Å². The Morgan fingerprint density at radius 2 is 1.87 bits per heavy atom. The van der Waals surface area contributed by atoms with E-state index in [4.69, 9.17) is 14.2 Å². The number of amides is 1. The van der Waals surface area contributed by atoms with Gasteiger partial charge in [0.15, 0.2) is 18.1 Å². The fourth-order valence-electron chi connectivity index (χ4n) is 2.14. The molecule has 1 aliphatic heterocycles. The van der Waals surface area contributed by atoms with Crippen molar-refractivity contribution in [3.8, 4) is 17.2 Å². The Morgan fingerprint density at radius 1 is 1.13 bits per heavy atom. The van der Waals surface area contributed by atoms with Crippen LogP contribution >= 0.6 is 11.8 Å². The Labute approximate surface area is 138 Å². The molecule has 6 heteroatoms. The predicted octanol–water partition coefficient (Wildman–Crippen LogP) is 3.20. The molecule has 1 heterocycles. The van der Waals surface area contributed by atoms with Crippen LogP contribution in [0.2, 0.25) is 0 Å². The van der Waals surface area contributed by atoms with Gasteiger partial charge in [-0.3, -0.25) is 4.79 Å². The van der Waals surface area contributed by atoms with E-state index in [-0.39, 0.29) is 12.5 Å². The summed E-state index contributed by atoms with van der Waals surface area (Å²) in [6.45, 7) is 1.01. The Morgan fingerprint density at radius 3 is 2.61 bits per heavy atom. The number of carbonyl (C=O) groups excluding carboxylic acids is 1. The maximum atomic E-state index is 12.0. The molecule has 2 aromatic rings. The Hall–Kier alpha value is -2.34. The van der Waals surface area contributed by atoms with E-state index in [0.717, 1.165) is 4.90 Å². The first kappa shape index (κ1) is 15.6. The third-order valence-electron chi connectivity index (χ3n) is 3.26. The molecule has 0 fully saturated rings. The zero-order valence-electron chi connectivity index (χ0n) is 12.7. The molecule has 23 heavy (non-hydrogen) atoms. The molecule has 3 rings (SSSR count). The Balaban J connectivity index is 1.54. The van der Waals surface area contributed by atoms with Gasteiger partial charge < -0.3 is 19.5 Å². The van der Waals surface area contributed by atoms with Crippen LogP contribution in [-0.4, -0.2) is 32.0 Å². The van der Waals surface area contributed by atoms with Crippen LogP contribution in [0, 0.1) is 0 Å². The minimum atomic E-state index is -0.226. The highest BCUT2D eigenvalue weighted by molar-refractivity contribution is 7.98.